The molecule has 9 heteroatoms. The summed E-state index contributed by atoms with van der Waals surface area (Å²) in [5.41, 5.74) is 0.575. The topological polar surface area (TPSA) is 95.6 Å². The van der Waals surface area contributed by atoms with Crippen LogP contribution in [0.3, 0.4) is 0 Å². The minimum absolute atomic E-state index is 0.0991. The van der Waals surface area contributed by atoms with Crippen LogP contribution < -0.4 is 10.6 Å². The Morgan fingerprint density at radius 1 is 1.07 bits per heavy atom. The van der Waals surface area contributed by atoms with Gasteiger partial charge in [0.2, 0.25) is 21.8 Å². The minimum atomic E-state index is -3.64. The van der Waals surface area contributed by atoms with Crippen LogP contribution in [0, 0.1) is 5.92 Å². The van der Waals surface area contributed by atoms with Gasteiger partial charge in [-0.3, -0.25) is 9.59 Å². The molecule has 3 rings (SSSR count). The summed E-state index contributed by atoms with van der Waals surface area (Å²) in [6.45, 7) is 0.281. The lowest BCUT2D eigenvalue weighted by Gasteiger charge is -2.31. The fourth-order valence-corrected chi connectivity index (χ4v) is 4.84. The van der Waals surface area contributed by atoms with Gasteiger partial charge in [0.15, 0.2) is 0 Å². The molecule has 0 aliphatic carbocycles. The average Bonchev–Trinajstić information content (AvgIpc) is 2.74. The molecule has 1 unspecified atom stereocenters. The Hall–Kier alpha value is -2.42. The summed E-state index contributed by atoms with van der Waals surface area (Å²) in [5.74, 6) is -1.19. The molecule has 2 amide bonds. The summed E-state index contributed by atoms with van der Waals surface area (Å²) in [6.07, 6.45) is 1.16. The van der Waals surface area contributed by atoms with Crippen molar-refractivity contribution in [3.8, 4) is 0 Å². The molecule has 0 aromatic heterocycles. The van der Waals surface area contributed by atoms with Gasteiger partial charge >= 0.3 is 0 Å². The van der Waals surface area contributed by atoms with Gasteiger partial charge in [0.1, 0.15) is 0 Å². The molecule has 0 bridgehead atoms. The number of hydrogen-bond donors (Lipinski definition) is 2. The second-order valence-electron chi connectivity index (χ2n) is 6.79. The quantitative estimate of drug-likeness (QED) is 0.728. The number of halogens is 1. The highest BCUT2D eigenvalue weighted by atomic mass is 35.5. The van der Waals surface area contributed by atoms with Gasteiger partial charge in [0.05, 0.1) is 17.4 Å². The van der Waals surface area contributed by atoms with Gasteiger partial charge in [-0.2, -0.15) is 4.31 Å². The first-order valence-corrected chi connectivity index (χ1v) is 11.1. The van der Waals surface area contributed by atoms with Gasteiger partial charge < -0.3 is 10.6 Å². The zero-order valence-electron chi connectivity index (χ0n) is 15.7. The molecule has 1 aliphatic heterocycles. The molecule has 7 nitrogen and oxygen atoms in total. The highest BCUT2D eigenvalue weighted by Crippen LogP contribution is 2.23. The molecule has 1 aliphatic rings. The standard InChI is InChI=1S/C20H22ClN3O4S/c21-16-8-10-17(11-9-16)23-19(25)13-22-20(26)15-5-4-12-24(14-15)29(27,28)18-6-2-1-3-7-18/h1-3,6-11,15H,4-5,12-14H2,(H,22,26)(H,23,25). The van der Waals surface area contributed by atoms with Crippen LogP contribution in [0.25, 0.3) is 0 Å². The molecule has 154 valence electrons. The lowest BCUT2D eigenvalue weighted by molar-refractivity contribution is -0.128. The fourth-order valence-electron chi connectivity index (χ4n) is 3.17. The lowest BCUT2D eigenvalue weighted by Crippen LogP contribution is -2.46. The molecule has 1 heterocycles. The van der Waals surface area contributed by atoms with Crippen molar-refractivity contribution in [1.82, 2.24) is 9.62 Å². The highest BCUT2D eigenvalue weighted by Gasteiger charge is 2.33. The van der Waals surface area contributed by atoms with Crippen molar-refractivity contribution in [3.63, 3.8) is 0 Å². The molecule has 29 heavy (non-hydrogen) atoms. The van der Waals surface area contributed by atoms with E-state index in [4.69, 9.17) is 11.6 Å². The smallest absolute Gasteiger partial charge is 0.243 e. The van der Waals surface area contributed by atoms with E-state index in [0.717, 1.165) is 0 Å². The number of piperidine rings is 1. The number of anilines is 1. The molecule has 1 fully saturated rings. The normalized spacial score (nSPS) is 17.5. The summed E-state index contributed by atoms with van der Waals surface area (Å²) in [5, 5.41) is 5.82. The Morgan fingerprint density at radius 3 is 2.45 bits per heavy atom. The third kappa shape index (κ3) is 5.56. The Kier molecular flexibility index (Phi) is 6.89. The van der Waals surface area contributed by atoms with E-state index >= 15 is 0 Å². The highest BCUT2D eigenvalue weighted by molar-refractivity contribution is 7.89. The monoisotopic (exact) mass is 435 g/mol. The Balaban J connectivity index is 1.54. The van der Waals surface area contributed by atoms with E-state index in [1.54, 1.807) is 54.6 Å². The Bertz CT molecular complexity index is 965. The first kappa shape index (κ1) is 21.3. The van der Waals surface area contributed by atoms with Crippen molar-refractivity contribution in [2.24, 2.45) is 5.92 Å². The maximum Gasteiger partial charge on any atom is 0.243 e. The van der Waals surface area contributed by atoms with Crippen LogP contribution in [0.15, 0.2) is 59.5 Å². The number of hydrogen-bond acceptors (Lipinski definition) is 4. The lowest BCUT2D eigenvalue weighted by atomic mass is 9.99. The summed E-state index contributed by atoms with van der Waals surface area (Å²) in [4.78, 5) is 24.7. The van der Waals surface area contributed by atoms with Crippen molar-refractivity contribution >= 4 is 39.1 Å². The molecule has 2 N–H and O–H groups in total. The molecule has 2 aromatic carbocycles. The molecule has 1 saturated heterocycles. The van der Waals surface area contributed by atoms with Crippen molar-refractivity contribution in [1.29, 1.82) is 0 Å². The van der Waals surface area contributed by atoms with Crippen LogP contribution in [0.4, 0.5) is 5.69 Å². The van der Waals surface area contributed by atoms with Gasteiger partial charge in [-0.1, -0.05) is 29.8 Å². The molecular formula is C20H22ClN3O4S. The maximum absolute atomic E-state index is 12.8. The van der Waals surface area contributed by atoms with Gasteiger partial charge in [-0.05, 0) is 49.2 Å². The number of carbonyl (C=O) groups excluding carboxylic acids is 2. The van der Waals surface area contributed by atoms with Crippen LogP contribution in [-0.4, -0.2) is 44.2 Å². The number of nitrogens with zero attached hydrogens (tertiary/aromatic N) is 1. The number of benzene rings is 2. The second kappa shape index (κ2) is 9.39. The van der Waals surface area contributed by atoms with Gasteiger partial charge in [-0.15, -0.1) is 0 Å². The first-order chi connectivity index (χ1) is 13.9. The summed E-state index contributed by atoms with van der Waals surface area (Å²) < 4.78 is 26.9. The number of amides is 2. The van der Waals surface area contributed by atoms with E-state index in [0.29, 0.717) is 30.1 Å². The minimum Gasteiger partial charge on any atom is -0.347 e. The van der Waals surface area contributed by atoms with Gasteiger partial charge in [-0.25, -0.2) is 8.42 Å². The van der Waals surface area contributed by atoms with Crippen molar-refractivity contribution in [2.45, 2.75) is 17.7 Å². The van der Waals surface area contributed by atoms with E-state index in [2.05, 4.69) is 10.6 Å². The predicted octanol–water partition coefficient (Wildman–Crippen LogP) is 2.50. The van der Waals surface area contributed by atoms with E-state index < -0.39 is 15.9 Å². The summed E-state index contributed by atoms with van der Waals surface area (Å²) in [6, 6.07) is 14.8. The first-order valence-electron chi connectivity index (χ1n) is 9.24. The van der Waals surface area contributed by atoms with Crippen LogP contribution in [0.1, 0.15) is 12.8 Å². The second-order valence-corrected chi connectivity index (χ2v) is 9.16. The predicted molar refractivity (Wildman–Crippen MR) is 111 cm³/mol. The van der Waals surface area contributed by atoms with Crippen LogP contribution in [0.2, 0.25) is 5.02 Å². The maximum atomic E-state index is 12.8. The molecule has 0 spiro atoms. The zero-order chi connectivity index (χ0) is 20.9. The van der Waals surface area contributed by atoms with E-state index in [9.17, 15) is 18.0 Å². The molecular weight excluding hydrogens is 414 g/mol. The largest absolute Gasteiger partial charge is 0.347 e. The number of nitrogens with one attached hydrogen (secondary N) is 2. The van der Waals surface area contributed by atoms with Crippen molar-refractivity contribution < 1.29 is 18.0 Å². The third-order valence-electron chi connectivity index (χ3n) is 4.69. The summed E-state index contributed by atoms with van der Waals surface area (Å²) in [7, 11) is -3.64. The zero-order valence-corrected chi connectivity index (χ0v) is 17.2. The van der Waals surface area contributed by atoms with Gasteiger partial charge in [0.25, 0.3) is 0 Å². The van der Waals surface area contributed by atoms with Crippen LogP contribution in [-0.2, 0) is 19.6 Å². The number of carbonyl (C=O) groups is 2. The van der Waals surface area contributed by atoms with Crippen LogP contribution >= 0.6 is 11.6 Å². The number of sulfonamides is 1. The Morgan fingerprint density at radius 2 is 1.76 bits per heavy atom. The number of rotatable bonds is 6. The van der Waals surface area contributed by atoms with Gasteiger partial charge in [0, 0.05) is 23.8 Å². The third-order valence-corrected chi connectivity index (χ3v) is 6.82. The summed E-state index contributed by atoms with van der Waals surface area (Å²) >= 11 is 5.80. The average molecular weight is 436 g/mol. The molecule has 0 radical (unpaired) electrons. The molecule has 1 atom stereocenters. The van der Waals surface area contributed by atoms with E-state index in [1.165, 1.54) is 4.31 Å². The fraction of sp³-hybridized carbons (Fsp3) is 0.300. The van der Waals surface area contributed by atoms with Crippen molar-refractivity contribution in [3.05, 3.63) is 59.6 Å². The Labute approximate surface area is 175 Å². The van der Waals surface area contributed by atoms with E-state index in [1.807, 2.05) is 0 Å². The van der Waals surface area contributed by atoms with Crippen LogP contribution in [0.5, 0.6) is 0 Å². The van der Waals surface area contributed by atoms with E-state index in [-0.39, 0.29) is 29.8 Å². The van der Waals surface area contributed by atoms with Crippen molar-refractivity contribution in [2.75, 3.05) is 25.0 Å². The molecule has 2 aromatic rings. The molecule has 0 saturated carbocycles. The SMILES string of the molecule is O=C(CNC(=O)C1CCCN(S(=O)(=O)c2ccccc2)C1)Nc1ccc(Cl)cc1.